The summed E-state index contributed by atoms with van der Waals surface area (Å²) >= 11 is 0. The van der Waals surface area contributed by atoms with Gasteiger partial charge in [-0.3, -0.25) is 9.59 Å². The van der Waals surface area contributed by atoms with E-state index in [1.54, 1.807) is 30.3 Å². The van der Waals surface area contributed by atoms with Crippen LogP contribution < -0.4 is 5.32 Å². The number of likely N-dealkylation sites (tertiary alicyclic amines) is 1. The van der Waals surface area contributed by atoms with Gasteiger partial charge in [-0.1, -0.05) is 18.2 Å². The maximum atomic E-state index is 13.8. The molecule has 1 N–H and O–H groups in total. The maximum Gasteiger partial charge on any atom is 0.256 e. The van der Waals surface area contributed by atoms with Gasteiger partial charge in [-0.15, -0.1) is 0 Å². The number of carbonyl (C=O) groups excluding carboxylic acids is 2. The van der Waals surface area contributed by atoms with Crippen molar-refractivity contribution >= 4 is 21.7 Å². The van der Waals surface area contributed by atoms with Crippen molar-refractivity contribution in [2.75, 3.05) is 25.4 Å². The molecule has 0 spiro atoms. The highest BCUT2D eigenvalue weighted by Gasteiger charge is 2.28. The third-order valence-corrected chi connectivity index (χ3v) is 7.12. The molecule has 0 aliphatic carbocycles. The summed E-state index contributed by atoms with van der Waals surface area (Å²) in [6.07, 6.45) is 1.13. The Morgan fingerprint density at radius 1 is 1.03 bits per heavy atom. The van der Waals surface area contributed by atoms with Gasteiger partial charge in [0.1, 0.15) is 11.6 Å². The summed E-state index contributed by atoms with van der Waals surface area (Å²) in [4.78, 5) is 26.5. The molecule has 2 aromatic rings. The van der Waals surface area contributed by atoms with Gasteiger partial charge in [-0.2, -0.15) is 0 Å². The van der Waals surface area contributed by atoms with Gasteiger partial charge in [0.2, 0.25) is 5.91 Å². The van der Waals surface area contributed by atoms with Crippen LogP contribution in [0.25, 0.3) is 0 Å². The van der Waals surface area contributed by atoms with Crippen LogP contribution in [-0.2, 0) is 14.6 Å². The summed E-state index contributed by atoms with van der Waals surface area (Å²) in [6.45, 7) is 0.817. The molecular formula is C22H24F2N2O4S. The first-order valence-corrected chi connectivity index (χ1v) is 11.7. The van der Waals surface area contributed by atoms with Gasteiger partial charge >= 0.3 is 0 Å². The number of halogens is 2. The summed E-state index contributed by atoms with van der Waals surface area (Å²) in [5.41, 5.74) is -0.191. The Balaban J connectivity index is 1.42. The van der Waals surface area contributed by atoms with Crippen molar-refractivity contribution < 1.29 is 26.8 Å². The minimum absolute atomic E-state index is 0.0620. The van der Waals surface area contributed by atoms with Crippen LogP contribution in [0.2, 0.25) is 0 Å². The van der Waals surface area contributed by atoms with E-state index >= 15 is 0 Å². The van der Waals surface area contributed by atoms with Crippen molar-refractivity contribution in [2.45, 2.75) is 24.2 Å². The lowest BCUT2D eigenvalue weighted by Gasteiger charge is -2.31. The normalized spacial score (nSPS) is 15.0. The summed E-state index contributed by atoms with van der Waals surface area (Å²) in [5, 5.41) is 2.76. The first kappa shape index (κ1) is 22.9. The Morgan fingerprint density at radius 3 is 2.35 bits per heavy atom. The van der Waals surface area contributed by atoms with E-state index in [0.29, 0.717) is 25.3 Å². The molecule has 1 heterocycles. The number of hydrogen-bond acceptors (Lipinski definition) is 4. The van der Waals surface area contributed by atoms with Gasteiger partial charge in [0.15, 0.2) is 9.84 Å². The zero-order valence-electron chi connectivity index (χ0n) is 16.9. The predicted octanol–water partition coefficient (Wildman–Crippen LogP) is 2.80. The molecule has 0 radical (unpaired) electrons. The van der Waals surface area contributed by atoms with Crippen molar-refractivity contribution in [2.24, 2.45) is 5.92 Å². The maximum absolute atomic E-state index is 13.8. The van der Waals surface area contributed by atoms with Crippen molar-refractivity contribution in [3.8, 4) is 0 Å². The highest BCUT2D eigenvalue weighted by Crippen LogP contribution is 2.21. The molecule has 0 atom stereocenters. The largest absolute Gasteiger partial charge is 0.356 e. The van der Waals surface area contributed by atoms with E-state index in [1.807, 2.05) is 0 Å². The smallest absolute Gasteiger partial charge is 0.256 e. The minimum atomic E-state index is -3.38. The number of sulfone groups is 1. The molecule has 3 rings (SSSR count). The first-order valence-electron chi connectivity index (χ1n) is 10.1. The van der Waals surface area contributed by atoms with Crippen molar-refractivity contribution in [3.63, 3.8) is 0 Å². The topological polar surface area (TPSA) is 83.6 Å². The molecule has 1 aliphatic heterocycles. The van der Waals surface area contributed by atoms with Crippen LogP contribution in [0, 0.1) is 17.6 Å². The van der Waals surface area contributed by atoms with Crippen LogP contribution in [0.1, 0.15) is 29.6 Å². The number of rotatable bonds is 7. The average molecular weight is 451 g/mol. The molecule has 31 heavy (non-hydrogen) atoms. The number of piperidine rings is 1. The van der Waals surface area contributed by atoms with Gasteiger partial charge < -0.3 is 10.2 Å². The Hall–Kier alpha value is -2.81. The fourth-order valence-electron chi connectivity index (χ4n) is 3.54. The second-order valence-corrected chi connectivity index (χ2v) is 9.58. The Morgan fingerprint density at radius 2 is 1.71 bits per heavy atom. The summed E-state index contributed by atoms with van der Waals surface area (Å²) in [5.74, 6) is -2.73. The molecule has 0 saturated carbocycles. The molecule has 1 saturated heterocycles. The SMILES string of the molecule is O=C(NCCCS(=O)(=O)c1ccccc1)C1CCN(C(=O)c2ccc(F)cc2F)CC1. The molecule has 1 fully saturated rings. The van der Waals surface area contributed by atoms with E-state index in [-0.39, 0.29) is 47.7 Å². The number of amides is 2. The zero-order chi connectivity index (χ0) is 22.4. The monoisotopic (exact) mass is 450 g/mol. The lowest BCUT2D eigenvalue weighted by Crippen LogP contribution is -2.43. The summed E-state index contributed by atoms with van der Waals surface area (Å²) in [7, 11) is -3.38. The molecule has 2 aromatic carbocycles. The number of benzene rings is 2. The number of nitrogens with one attached hydrogen (secondary N) is 1. The van der Waals surface area contributed by atoms with Crippen LogP contribution in [-0.4, -0.2) is 50.5 Å². The minimum Gasteiger partial charge on any atom is -0.356 e. The highest BCUT2D eigenvalue weighted by atomic mass is 32.2. The third-order valence-electron chi connectivity index (χ3n) is 5.31. The lowest BCUT2D eigenvalue weighted by atomic mass is 9.95. The van der Waals surface area contributed by atoms with Gasteiger partial charge in [0.05, 0.1) is 16.2 Å². The van der Waals surface area contributed by atoms with Gasteiger partial charge in [-0.05, 0) is 43.5 Å². The average Bonchev–Trinajstić information content (AvgIpc) is 2.77. The quantitative estimate of drug-likeness (QED) is 0.658. The number of hydrogen-bond donors (Lipinski definition) is 1. The van der Waals surface area contributed by atoms with E-state index in [0.717, 1.165) is 12.1 Å². The summed E-state index contributed by atoms with van der Waals surface area (Å²) in [6, 6.07) is 11.0. The number of carbonyl (C=O) groups is 2. The Labute approximate surface area is 180 Å². The molecule has 0 unspecified atom stereocenters. The first-order chi connectivity index (χ1) is 14.8. The van der Waals surface area contributed by atoms with Gasteiger partial charge in [0.25, 0.3) is 5.91 Å². The van der Waals surface area contributed by atoms with E-state index in [4.69, 9.17) is 0 Å². The van der Waals surface area contributed by atoms with Crippen molar-refractivity contribution in [3.05, 3.63) is 65.7 Å². The highest BCUT2D eigenvalue weighted by molar-refractivity contribution is 7.91. The van der Waals surface area contributed by atoms with E-state index in [9.17, 15) is 26.8 Å². The second kappa shape index (κ2) is 10.00. The Kier molecular flexibility index (Phi) is 7.37. The third kappa shape index (κ3) is 5.88. The molecule has 9 heteroatoms. The van der Waals surface area contributed by atoms with Crippen molar-refractivity contribution in [1.29, 1.82) is 0 Å². The van der Waals surface area contributed by atoms with Crippen LogP contribution in [0.4, 0.5) is 8.78 Å². The second-order valence-electron chi connectivity index (χ2n) is 7.47. The lowest BCUT2D eigenvalue weighted by molar-refractivity contribution is -0.126. The van der Waals surface area contributed by atoms with Crippen LogP contribution in [0.3, 0.4) is 0 Å². The van der Waals surface area contributed by atoms with E-state index in [1.165, 1.54) is 4.90 Å². The summed E-state index contributed by atoms with van der Waals surface area (Å²) < 4.78 is 51.3. The van der Waals surface area contributed by atoms with Crippen molar-refractivity contribution in [1.82, 2.24) is 10.2 Å². The molecule has 2 amide bonds. The van der Waals surface area contributed by atoms with E-state index < -0.39 is 27.4 Å². The molecule has 1 aliphatic rings. The molecule has 166 valence electrons. The predicted molar refractivity (Wildman–Crippen MR) is 111 cm³/mol. The van der Waals surface area contributed by atoms with Gasteiger partial charge in [-0.25, -0.2) is 17.2 Å². The van der Waals surface area contributed by atoms with Crippen LogP contribution >= 0.6 is 0 Å². The van der Waals surface area contributed by atoms with Gasteiger partial charge in [0, 0.05) is 31.6 Å². The standard InChI is InChI=1S/C22H24F2N2O4S/c23-17-7-8-19(20(24)15-17)22(28)26-12-9-16(10-13-26)21(27)25-11-4-14-31(29,30)18-5-2-1-3-6-18/h1-3,5-8,15-16H,4,9-14H2,(H,25,27). The fourth-order valence-corrected chi connectivity index (χ4v) is 4.87. The van der Waals surface area contributed by atoms with Crippen LogP contribution in [0.5, 0.6) is 0 Å². The molecular weight excluding hydrogens is 426 g/mol. The molecule has 0 aromatic heterocycles. The van der Waals surface area contributed by atoms with Crippen LogP contribution in [0.15, 0.2) is 53.4 Å². The zero-order valence-corrected chi connectivity index (χ0v) is 17.7. The molecule has 6 nitrogen and oxygen atoms in total. The molecule has 0 bridgehead atoms. The Bertz CT molecular complexity index is 1040. The number of nitrogens with zero attached hydrogens (tertiary/aromatic N) is 1. The fraction of sp³-hybridized carbons (Fsp3) is 0.364. The van der Waals surface area contributed by atoms with E-state index in [2.05, 4.69) is 5.32 Å².